The van der Waals surface area contributed by atoms with Crippen molar-refractivity contribution in [3.63, 3.8) is 0 Å². The normalized spacial score (nSPS) is 34.3. The van der Waals surface area contributed by atoms with Crippen molar-refractivity contribution in [3.8, 4) is 6.07 Å². The Morgan fingerprint density at radius 1 is 1.58 bits per heavy atom. The summed E-state index contributed by atoms with van der Waals surface area (Å²) in [5.74, 6) is 0.0818. The van der Waals surface area contributed by atoms with E-state index >= 15 is 0 Å². The van der Waals surface area contributed by atoms with Crippen LogP contribution in [0.15, 0.2) is 0 Å². The van der Waals surface area contributed by atoms with E-state index in [0.29, 0.717) is 6.42 Å². The molecule has 1 rings (SSSR count). The third-order valence-electron chi connectivity index (χ3n) is 3.00. The van der Waals surface area contributed by atoms with Crippen molar-refractivity contribution >= 4 is 5.78 Å². The van der Waals surface area contributed by atoms with Crippen LogP contribution in [-0.2, 0) is 4.79 Å². The van der Waals surface area contributed by atoms with E-state index in [2.05, 4.69) is 19.9 Å². The molecule has 12 heavy (non-hydrogen) atoms. The lowest BCUT2D eigenvalue weighted by atomic mass is 9.64. The molecule has 0 unspecified atom stereocenters. The molecule has 1 aliphatic rings. The molecule has 0 bridgehead atoms. The highest BCUT2D eigenvalue weighted by Crippen LogP contribution is 2.41. The third kappa shape index (κ3) is 1.36. The Morgan fingerprint density at radius 2 is 2.17 bits per heavy atom. The molecule has 0 heterocycles. The van der Waals surface area contributed by atoms with Gasteiger partial charge in [-0.2, -0.15) is 5.26 Å². The van der Waals surface area contributed by atoms with Gasteiger partial charge in [-0.15, -0.1) is 0 Å². The molecular formula is C10H15NO. The molecule has 0 amide bonds. The van der Waals surface area contributed by atoms with Gasteiger partial charge in [0.1, 0.15) is 5.78 Å². The van der Waals surface area contributed by atoms with Gasteiger partial charge in [-0.25, -0.2) is 0 Å². The Balaban J connectivity index is 2.88. The van der Waals surface area contributed by atoms with Crippen LogP contribution in [0.2, 0.25) is 0 Å². The van der Waals surface area contributed by atoms with E-state index in [1.54, 1.807) is 0 Å². The highest BCUT2D eigenvalue weighted by atomic mass is 16.1. The number of nitrogens with zero attached hydrogens (tertiary/aromatic N) is 1. The highest BCUT2D eigenvalue weighted by Gasteiger charge is 2.41. The van der Waals surface area contributed by atoms with Crippen LogP contribution in [-0.4, -0.2) is 5.78 Å². The smallest absolute Gasteiger partial charge is 0.137 e. The van der Waals surface area contributed by atoms with Gasteiger partial charge in [0.25, 0.3) is 0 Å². The zero-order valence-electron chi connectivity index (χ0n) is 7.92. The summed E-state index contributed by atoms with van der Waals surface area (Å²) in [5, 5.41) is 8.91. The molecule has 0 aromatic carbocycles. The van der Waals surface area contributed by atoms with Crippen LogP contribution in [0.3, 0.4) is 0 Å². The van der Waals surface area contributed by atoms with Gasteiger partial charge >= 0.3 is 0 Å². The average Bonchev–Trinajstić information content (AvgIpc) is 1.99. The minimum absolute atomic E-state index is 0.0159. The number of hydrogen-bond acceptors (Lipinski definition) is 2. The van der Waals surface area contributed by atoms with Crippen LogP contribution in [0.25, 0.3) is 0 Å². The molecule has 2 nitrogen and oxygen atoms in total. The zero-order chi connectivity index (χ0) is 9.35. The van der Waals surface area contributed by atoms with Crippen molar-refractivity contribution in [2.45, 2.75) is 33.6 Å². The first-order valence-corrected chi connectivity index (χ1v) is 4.41. The predicted octanol–water partition coefficient (Wildman–Crippen LogP) is 2.15. The Bertz CT molecular complexity index is 237. The first kappa shape index (κ1) is 9.25. The van der Waals surface area contributed by atoms with Gasteiger partial charge < -0.3 is 0 Å². The summed E-state index contributed by atoms with van der Waals surface area (Å²) in [4.78, 5) is 11.3. The maximum Gasteiger partial charge on any atom is 0.137 e. The Labute approximate surface area is 73.6 Å². The first-order chi connectivity index (χ1) is 5.49. The topological polar surface area (TPSA) is 40.9 Å². The van der Waals surface area contributed by atoms with Gasteiger partial charge in [-0.1, -0.05) is 20.8 Å². The fourth-order valence-corrected chi connectivity index (χ4v) is 1.98. The van der Waals surface area contributed by atoms with Crippen molar-refractivity contribution in [2.24, 2.45) is 17.3 Å². The average molecular weight is 165 g/mol. The fourth-order valence-electron chi connectivity index (χ4n) is 1.98. The van der Waals surface area contributed by atoms with E-state index in [9.17, 15) is 4.79 Å². The zero-order valence-corrected chi connectivity index (χ0v) is 7.92. The number of Topliss-reactive ketones (excluding diaryl/α,β-unsaturated/α-hetero) is 1. The fraction of sp³-hybridized carbons (Fsp3) is 0.800. The lowest BCUT2D eigenvalue weighted by molar-refractivity contribution is -0.128. The minimum Gasteiger partial charge on any atom is -0.299 e. The molecule has 0 aromatic rings. The largest absolute Gasteiger partial charge is 0.299 e. The van der Waals surface area contributed by atoms with E-state index in [-0.39, 0.29) is 23.0 Å². The van der Waals surface area contributed by atoms with Crippen molar-refractivity contribution in [3.05, 3.63) is 0 Å². The van der Waals surface area contributed by atoms with Crippen LogP contribution in [0, 0.1) is 28.6 Å². The van der Waals surface area contributed by atoms with Gasteiger partial charge in [0.05, 0.1) is 12.0 Å². The van der Waals surface area contributed by atoms with E-state index in [1.807, 2.05) is 6.92 Å². The Hall–Kier alpha value is -0.840. The standard InChI is InChI=1S/C10H15NO/c1-7-8(6-11)10(2,3)5-4-9(7)12/h7-8H,4-5H2,1-3H3/t7-,8-/m1/s1. The lowest BCUT2D eigenvalue weighted by Gasteiger charge is -2.37. The van der Waals surface area contributed by atoms with Gasteiger partial charge in [0.2, 0.25) is 0 Å². The minimum atomic E-state index is -0.0984. The third-order valence-corrected chi connectivity index (χ3v) is 3.00. The number of nitriles is 1. The number of hydrogen-bond donors (Lipinski definition) is 0. The van der Waals surface area contributed by atoms with Crippen LogP contribution < -0.4 is 0 Å². The van der Waals surface area contributed by atoms with Crippen molar-refractivity contribution in [2.75, 3.05) is 0 Å². The number of carbonyl (C=O) groups is 1. The number of ketones is 1. The Kier molecular flexibility index (Phi) is 2.23. The predicted molar refractivity (Wildman–Crippen MR) is 46.3 cm³/mol. The Morgan fingerprint density at radius 3 is 2.58 bits per heavy atom. The second-order valence-electron chi connectivity index (χ2n) is 4.35. The summed E-state index contributed by atoms with van der Waals surface area (Å²) in [7, 11) is 0. The van der Waals surface area contributed by atoms with Crippen LogP contribution in [0.4, 0.5) is 0 Å². The van der Waals surface area contributed by atoms with Crippen LogP contribution in [0.1, 0.15) is 33.6 Å². The van der Waals surface area contributed by atoms with E-state index in [0.717, 1.165) is 6.42 Å². The van der Waals surface area contributed by atoms with Crippen molar-refractivity contribution in [1.82, 2.24) is 0 Å². The maximum atomic E-state index is 11.3. The molecule has 0 aliphatic heterocycles. The molecule has 0 saturated heterocycles. The second-order valence-corrected chi connectivity index (χ2v) is 4.35. The van der Waals surface area contributed by atoms with Crippen LogP contribution >= 0.6 is 0 Å². The molecule has 66 valence electrons. The van der Waals surface area contributed by atoms with Gasteiger partial charge in [-0.3, -0.25) is 4.79 Å². The van der Waals surface area contributed by atoms with Crippen molar-refractivity contribution in [1.29, 1.82) is 5.26 Å². The first-order valence-electron chi connectivity index (χ1n) is 4.41. The maximum absolute atomic E-state index is 11.3. The summed E-state index contributed by atoms with van der Waals surface area (Å²) >= 11 is 0. The molecule has 2 atom stereocenters. The molecule has 0 aromatic heterocycles. The van der Waals surface area contributed by atoms with Gasteiger partial charge in [-0.05, 0) is 11.8 Å². The summed E-state index contributed by atoms with van der Waals surface area (Å²) in [6.07, 6.45) is 1.50. The summed E-state index contributed by atoms with van der Waals surface area (Å²) in [6, 6.07) is 2.25. The molecule has 0 radical (unpaired) electrons. The molecule has 1 fully saturated rings. The molecule has 2 heteroatoms. The molecule has 0 N–H and O–H groups in total. The van der Waals surface area contributed by atoms with Gasteiger partial charge in [0.15, 0.2) is 0 Å². The van der Waals surface area contributed by atoms with E-state index < -0.39 is 0 Å². The van der Waals surface area contributed by atoms with Gasteiger partial charge in [0, 0.05) is 12.3 Å². The second kappa shape index (κ2) is 2.90. The highest BCUT2D eigenvalue weighted by molar-refractivity contribution is 5.82. The lowest BCUT2D eigenvalue weighted by Crippen LogP contribution is -2.37. The molecule has 1 aliphatic carbocycles. The van der Waals surface area contributed by atoms with Crippen LogP contribution in [0.5, 0.6) is 0 Å². The van der Waals surface area contributed by atoms with Crippen molar-refractivity contribution < 1.29 is 4.79 Å². The quantitative estimate of drug-likeness (QED) is 0.551. The van der Waals surface area contributed by atoms with E-state index in [1.165, 1.54) is 0 Å². The molecule has 1 saturated carbocycles. The SMILES string of the molecule is C[C@H]1C(=O)CCC(C)(C)[C@@H]1C#N. The summed E-state index contributed by atoms with van der Waals surface area (Å²) < 4.78 is 0. The number of carbonyl (C=O) groups excluding carboxylic acids is 1. The van der Waals surface area contributed by atoms with E-state index in [4.69, 9.17) is 5.26 Å². The summed E-state index contributed by atoms with van der Waals surface area (Å²) in [5.41, 5.74) is 0.0159. The molecule has 0 spiro atoms. The summed E-state index contributed by atoms with van der Waals surface area (Å²) in [6.45, 7) is 6.02. The monoisotopic (exact) mass is 165 g/mol. The molecular weight excluding hydrogens is 150 g/mol. The number of rotatable bonds is 0.